The lowest BCUT2D eigenvalue weighted by Gasteiger charge is -2.45. The van der Waals surface area contributed by atoms with Crippen molar-refractivity contribution in [1.29, 1.82) is 0 Å². The maximum Gasteiger partial charge on any atom is 0.356 e. The van der Waals surface area contributed by atoms with Crippen molar-refractivity contribution >= 4 is 57.0 Å². The van der Waals surface area contributed by atoms with Gasteiger partial charge in [-0.2, -0.15) is 0 Å². The minimum Gasteiger partial charge on any atom is -0.456 e. The van der Waals surface area contributed by atoms with Crippen LogP contribution in [0.4, 0.5) is 0 Å². The number of carbonyl (C=O) groups is 3. The second kappa shape index (κ2) is 13.0. The number of likely N-dealkylation sites (tertiary alicyclic amines) is 1. The fraction of sp³-hybridized carbons (Fsp3) is 0.118. The molecule has 5 rings (SSSR count). The van der Waals surface area contributed by atoms with Crippen molar-refractivity contribution in [2.45, 2.75) is 25.5 Å². The Labute approximate surface area is 244 Å². The average molecular weight is 580 g/mol. The summed E-state index contributed by atoms with van der Waals surface area (Å²) in [5.41, 5.74) is 1.13. The zero-order chi connectivity index (χ0) is 28.7. The third kappa shape index (κ3) is 5.85. The fourth-order valence-electron chi connectivity index (χ4n) is 5.22. The summed E-state index contributed by atoms with van der Waals surface area (Å²) in [6.07, 6.45) is 0.285. The van der Waals surface area contributed by atoms with Crippen LogP contribution >= 0.6 is 18.6 Å². The van der Waals surface area contributed by atoms with Crippen molar-refractivity contribution in [3.8, 4) is 0 Å². The topological polar surface area (TPSA) is 63.7 Å². The van der Waals surface area contributed by atoms with Gasteiger partial charge in [-0.05, 0) is 26.9 Å². The molecule has 1 amide bonds. The summed E-state index contributed by atoms with van der Waals surface area (Å²) >= 11 is 1.01. The van der Waals surface area contributed by atoms with Crippen LogP contribution in [0.1, 0.15) is 18.4 Å². The van der Waals surface area contributed by atoms with Crippen LogP contribution in [0.5, 0.6) is 0 Å². The molecule has 0 radical (unpaired) electrons. The third-order valence-electron chi connectivity index (χ3n) is 7.03. The molecule has 1 saturated heterocycles. The van der Waals surface area contributed by atoms with E-state index >= 15 is 0 Å². The lowest BCUT2D eigenvalue weighted by molar-refractivity contribution is -0.145. The maximum absolute atomic E-state index is 14.5. The van der Waals surface area contributed by atoms with E-state index < -0.39 is 18.9 Å². The highest BCUT2D eigenvalue weighted by Crippen LogP contribution is 2.49. The van der Waals surface area contributed by atoms with Gasteiger partial charge in [0.2, 0.25) is 5.91 Å². The predicted molar refractivity (Wildman–Crippen MR) is 169 cm³/mol. The van der Waals surface area contributed by atoms with Gasteiger partial charge in [-0.1, -0.05) is 140 Å². The van der Waals surface area contributed by atoms with E-state index in [2.05, 4.69) is 6.58 Å². The number of amides is 1. The highest BCUT2D eigenvalue weighted by atomic mass is 32.2. The van der Waals surface area contributed by atoms with E-state index in [-0.39, 0.29) is 35.9 Å². The van der Waals surface area contributed by atoms with Crippen LogP contribution in [-0.2, 0) is 25.7 Å². The summed E-state index contributed by atoms with van der Waals surface area (Å²) in [6.45, 7) is 0.717. The van der Waals surface area contributed by atoms with Gasteiger partial charge in [-0.15, -0.1) is 0 Å². The van der Waals surface area contributed by atoms with Crippen LogP contribution < -0.4 is 15.9 Å². The standard InChI is InChI=1S/C34H30NO4PS/c1-2-41-32(37)24-27-23-31(36)35(27)33(34(38)39-25-26-15-7-3-8-16-26)40(28-17-9-4-10-18-28,29-19-11-5-12-20-29)30-21-13-6-14-22-30/h2-22,27H,1,23-25H2. The molecule has 0 bridgehead atoms. The Morgan fingerprint density at radius 2 is 1.27 bits per heavy atom. The summed E-state index contributed by atoms with van der Waals surface area (Å²) in [5, 5.41) is 4.11. The van der Waals surface area contributed by atoms with Gasteiger partial charge in [-0.25, -0.2) is 4.79 Å². The molecule has 0 spiro atoms. The molecule has 7 heteroatoms. The zero-order valence-corrected chi connectivity index (χ0v) is 24.2. The minimum absolute atomic E-state index is 0.0550. The van der Waals surface area contributed by atoms with Crippen LogP contribution in [0.25, 0.3) is 0 Å². The number of nitrogens with zero attached hydrogens (tertiary/aromatic N) is 1. The molecular formula is C34H30NO4PS. The highest BCUT2D eigenvalue weighted by molar-refractivity contribution is 8.16. The first-order valence-electron chi connectivity index (χ1n) is 13.3. The summed E-state index contributed by atoms with van der Waals surface area (Å²) < 4.78 is 6.02. The van der Waals surface area contributed by atoms with E-state index in [1.807, 2.05) is 121 Å². The van der Waals surface area contributed by atoms with Gasteiger partial charge in [0.05, 0.1) is 6.04 Å². The number of benzene rings is 4. The fourth-order valence-corrected chi connectivity index (χ4v) is 10.1. The van der Waals surface area contributed by atoms with Gasteiger partial charge in [-0.3, -0.25) is 9.59 Å². The van der Waals surface area contributed by atoms with E-state index in [4.69, 9.17) is 4.74 Å². The second-order valence-electron chi connectivity index (χ2n) is 9.55. The highest BCUT2D eigenvalue weighted by Gasteiger charge is 2.47. The molecule has 0 aliphatic carbocycles. The summed E-state index contributed by atoms with van der Waals surface area (Å²) in [7, 11) is 0. The van der Waals surface area contributed by atoms with Gasteiger partial charge in [0.1, 0.15) is 12.0 Å². The molecule has 41 heavy (non-hydrogen) atoms. The van der Waals surface area contributed by atoms with Crippen molar-refractivity contribution < 1.29 is 19.1 Å². The predicted octanol–water partition coefficient (Wildman–Crippen LogP) is 5.25. The van der Waals surface area contributed by atoms with Crippen LogP contribution in [-0.4, -0.2) is 33.4 Å². The monoisotopic (exact) mass is 579 g/mol. The third-order valence-corrected chi connectivity index (χ3v) is 11.9. The van der Waals surface area contributed by atoms with Crippen LogP contribution in [0.3, 0.4) is 0 Å². The van der Waals surface area contributed by atoms with Gasteiger partial charge in [0.25, 0.3) is 0 Å². The second-order valence-corrected chi connectivity index (χ2v) is 13.9. The number of rotatable bonds is 10. The summed E-state index contributed by atoms with van der Waals surface area (Å²) in [4.78, 5) is 42.3. The number of esters is 1. The molecule has 0 N–H and O–H groups in total. The van der Waals surface area contributed by atoms with E-state index in [9.17, 15) is 14.4 Å². The Balaban J connectivity index is 1.82. The van der Waals surface area contributed by atoms with Crippen molar-refractivity contribution in [3.63, 3.8) is 0 Å². The number of carbonyl (C=O) groups excluding carboxylic acids is 3. The Morgan fingerprint density at radius 1 is 0.805 bits per heavy atom. The van der Waals surface area contributed by atoms with Crippen LogP contribution in [0.15, 0.2) is 133 Å². The maximum atomic E-state index is 14.5. The molecule has 206 valence electrons. The first-order chi connectivity index (χ1) is 20.1. The number of hydrogen-bond donors (Lipinski definition) is 0. The van der Waals surface area contributed by atoms with Crippen molar-refractivity contribution in [3.05, 3.63) is 139 Å². The van der Waals surface area contributed by atoms with Crippen molar-refractivity contribution in [1.82, 2.24) is 4.90 Å². The molecule has 4 aromatic rings. The van der Waals surface area contributed by atoms with Gasteiger partial charge in [0, 0.05) is 19.7 Å². The van der Waals surface area contributed by atoms with E-state index in [1.165, 1.54) is 5.41 Å². The Bertz CT molecular complexity index is 1490. The largest absolute Gasteiger partial charge is 0.456 e. The average Bonchev–Trinajstić information content (AvgIpc) is 3.02. The molecule has 1 unspecified atom stereocenters. The molecule has 1 heterocycles. The summed E-state index contributed by atoms with van der Waals surface area (Å²) in [6, 6.07) is 38.6. The smallest absolute Gasteiger partial charge is 0.356 e. The zero-order valence-electron chi connectivity index (χ0n) is 22.5. The molecule has 5 nitrogen and oxygen atoms in total. The lowest BCUT2D eigenvalue weighted by Crippen LogP contribution is -2.60. The summed E-state index contributed by atoms with van der Waals surface area (Å²) in [5.74, 6) is -0.772. The van der Waals surface area contributed by atoms with Gasteiger partial charge >= 0.3 is 5.97 Å². The molecule has 1 aliphatic heterocycles. The van der Waals surface area contributed by atoms with Crippen LogP contribution in [0, 0.1) is 0 Å². The minimum atomic E-state index is -2.99. The van der Waals surface area contributed by atoms with Gasteiger partial charge in [0.15, 0.2) is 5.12 Å². The van der Waals surface area contributed by atoms with E-state index in [0.717, 1.165) is 33.2 Å². The van der Waals surface area contributed by atoms with Gasteiger partial charge < -0.3 is 9.64 Å². The van der Waals surface area contributed by atoms with Crippen molar-refractivity contribution in [2.24, 2.45) is 0 Å². The Hall–Kier alpha value is -4.12. The van der Waals surface area contributed by atoms with Crippen LogP contribution in [0.2, 0.25) is 0 Å². The van der Waals surface area contributed by atoms with Crippen molar-refractivity contribution in [2.75, 3.05) is 0 Å². The van der Waals surface area contributed by atoms with E-state index in [0.29, 0.717) is 0 Å². The molecule has 1 aliphatic rings. The SMILES string of the molecule is C=CSC(=O)CC1CC(=O)N1C(C(=O)OCc1ccccc1)=P(c1ccccc1)(c1ccccc1)c1ccccc1. The number of β-lactam (4-membered cyclic amide) rings is 1. The molecule has 0 saturated carbocycles. The molecule has 1 fully saturated rings. The Morgan fingerprint density at radius 3 is 1.71 bits per heavy atom. The molecular weight excluding hydrogens is 549 g/mol. The first-order valence-corrected chi connectivity index (χ1v) is 16.0. The number of thioether (sulfide) groups is 1. The molecule has 4 aromatic carbocycles. The quantitative estimate of drug-likeness (QED) is 0.146. The van der Waals surface area contributed by atoms with E-state index in [1.54, 1.807) is 4.90 Å². The number of hydrogen-bond acceptors (Lipinski definition) is 5. The molecule has 1 atom stereocenters. The molecule has 0 aromatic heterocycles. The lowest BCUT2D eigenvalue weighted by atomic mass is 9.99. The normalized spacial score (nSPS) is 14.6. The Kier molecular flexibility index (Phi) is 9.03. The number of ether oxygens (including phenoxy) is 1. The first kappa shape index (κ1) is 28.4.